The zero-order valence-corrected chi connectivity index (χ0v) is 19.4. The molecule has 2 aliphatic heterocycles. The summed E-state index contributed by atoms with van der Waals surface area (Å²) in [5.74, 6) is -0.896. The number of hydrogen-bond acceptors (Lipinski definition) is 7. The Morgan fingerprint density at radius 2 is 1.94 bits per heavy atom. The number of ether oxygens (including phenoxy) is 1. The highest BCUT2D eigenvalue weighted by Gasteiger charge is 2.48. The van der Waals surface area contributed by atoms with Crippen LogP contribution in [0.2, 0.25) is 0 Å². The van der Waals surface area contributed by atoms with Gasteiger partial charge in [-0.25, -0.2) is 13.2 Å². The molecule has 1 aromatic heterocycles. The fourth-order valence-electron chi connectivity index (χ4n) is 4.83. The Kier molecular flexibility index (Phi) is 5.20. The second kappa shape index (κ2) is 7.98. The maximum absolute atomic E-state index is 13.5. The first kappa shape index (κ1) is 22.1. The number of hydrogen-bond donors (Lipinski definition) is 2. The highest BCUT2D eigenvalue weighted by molar-refractivity contribution is 7.91. The van der Waals surface area contributed by atoms with E-state index in [2.05, 4.69) is 10.2 Å². The first-order valence-electron chi connectivity index (χ1n) is 10.8. The van der Waals surface area contributed by atoms with Crippen molar-refractivity contribution in [2.24, 2.45) is 0 Å². The average Bonchev–Trinajstić information content (AvgIpc) is 3.48. The Morgan fingerprint density at radius 1 is 1.21 bits per heavy atom. The van der Waals surface area contributed by atoms with E-state index < -0.39 is 27.9 Å². The summed E-state index contributed by atoms with van der Waals surface area (Å²) < 4.78 is 29.3. The van der Waals surface area contributed by atoms with Crippen LogP contribution in [0.5, 0.6) is 5.75 Å². The van der Waals surface area contributed by atoms with Gasteiger partial charge in [-0.3, -0.25) is 9.89 Å². The van der Waals surface area contributed by atoms with Crippen molar-refractivity contribution in [1.82, 2.24) is 15.1 Å². The highest BCUT2D eigenvalue weighted by atomic mass is 32.2. The van der Waals surface area contributed by atoms with Crippen LogP contribution in [0.25, 0.3) is 11.3 Å². The van der Waals surface area contributed by atoms with E-state index in [1.54, 1.807) is 47.4 Å². The fourth-order valence-corrected chi connectivity index (χ4v) is 6.54. The summed E-state index contributed by atoms with van der Waals surface area (Å²) in [6, 6.07) is 10.7. The van der Waals surface area contributed by atoms with E-state index in [9.17, 15) is 23.1 Å². The molecule has 1 saturated heterocycles. The summed E-state index contributed by atoms with van der Waals surface area (Å²) in [7, 11) is -1.95. The van der Waals surface area contributed by atoms with Crippen LogP contribution in [0.15, 0.2) is 42.5 Å². The van der Waals surface area contributed by atoms with Gasteiger partial charge in [0.2, 0.25) is 0 Å². The van der Waals surface area contributed by atoms with E-state index in [-0.39, 0.29) is 28.9 Å². The molecule has 2 unspecified atom stereocenters. The predicted octanol–water partition coefficient (Wildman–Crippen LogP) is 2.61. The fraction of sp³-hybridized carbons (Fsp3) is 0.292. The van der Waals surface area contributed by atoms with Crippen LogP contribution < -0.4 is 0 Å². The molecular weight excluding hydrogens is 458 g/mol. The van der Waals surface area contributed by atoms with Gasteiger partial charge in [0, 0.05) is 17.2 Å². The zero-order valence-electron chi connectivity index (χ0n) is 18.6. The molecule has 9 nitrogen and oxygen atoms in total. The molecule has 10 heteroatoms. The topological polar surface area (TPSA) is 130 Å². The molecule has 176 valence electrons. The lowest BCUT2D eigenvalue weighted by atomic mass is 9.94. The van der Waals surface area contributed by atoms with Crippen LogP contribution in [0.3, 0.4) is 0 Å². The molecule has 0 radical (unpaired) electrons. The van der Waals surface area contributed by atoms with Crippen molar-refractivity contribution in [3.63, 3.8) is 0 Å². The minimum atomic E-state index is -3.25. The summed E-state index contributed by atoms with van der Waals surface area (Å²) in [6.07, 6.45) is 0.341. The van der Waals surface area contributed by atoms with Gasteiger partial charge in [0.1, 0.15) is 17.1 Å². The van der Waals surface area contributed by atoms with E-state index in [0.717, 1.165) is 5.56 Å². The minimum absolute atomic E-state index is 0.0210. The van der Waals surface area contributed by atoms with Crippen molar-refractivity contribution in [2.75, 3.05) is 18.6 Å². The Balaban J connectivity index is 1.67. The summed E-state index contributed by atoms with van der Waals surface area (Å²) >= 11 is 0. The number of benzene rings is 2. The molecular formula is C24H23N3O6S. The van der Waals surface area contributed by atoms with Crippen LogP contribution in [0.1, 0.15) is 50.0 Å². The van der Waals surface area contributed by atoms with Crippen LogP contribution in [0, 0.1) is 6.92 Å². The number of methoxy groups -OCH3 is 1. The molecule has 34 heavy (non-hydrogen) atoms. The lowest BCUT2D eigenvalue weighted by molar-refractivity contribution is 0.0599. The largest absolute Gasteiger partial charge is 0.507 e. The number of aryl methyl sites for hydroxylation is 1. The van der Waals surface area contributed by atoms with Gasteiger partial charge in [-0.05, 0) is 43.2 Å². The number of esters is 1. The molecule has 3 heterocycles. The molecule has 1 amide bonds. The molecule has 3 aromatic rings. The SMILES string of the molecule is COC(=O)c1ccc(C2c3c(-c4cc(C)ccc4O)n[nH]c3C(=O)N2C2CCS(=O)(=O)C2)cc1. The highest BCUT2D eigenvalue weighted by Crippen LogP contribution is 2.46. The Labute approximate surface area is 196 Å². The van der Waals surface area contributed by atoms with E-state index >= 15 is 0 Å². The molecule has 1 fully saturated rings. The quantitative estimate of drug-likeness (QED) is 0.548. The number of phenols is 1. The molecule has 0 spiro atoms. The van der Waals surface area contributed by atoms with Gasteiger partial charge in [-0.1, -0.05) is 23.8 Å². The lowest BCUT2D eigenvalue weighted by Gasteiger charge is -2.31. The van der Waals surface area contributed by atoms with Gasteiger partial charge in [-0.2, -0.15) is 5.10 Å². The maximum atomic E-state index is 13.5. The van der Waals surface area contributed by atoms with Gasteiger partial charge < -0.3 is 14.7 Å². The number of amides is 1. The van der Waals surface area contributed by atoms with Crippen LogP contribution >= 0.6 is 0 Å². The summed E-state index contributed by atoms with van der Waals surface area (Å²) in [5, 5.41) is 17.7. The number of rotatable bonds is 4. The van der Waals surface area contributed by atoms with Crippen LogP contribution in [-0.2, 0) is 14.6 Å². The van der Waals surface area contributed by atoms with Crippen molar-refractivity contribution in [3.8, 4) is 17.0 Å². The number of aromatic hydroxyl groups is 1. The number of H-pyrrole nitrogens is 1. The van der Waals surface area contributed by atoms with Crippen molar-refractivity contribution in [1.29, 1.82) is 0 Å². The number of aromatic nitrogens is 2. The smallest absolute Gasteiger partial charge is 0.337 e. The number of aromatic amines is 1. The van der Waals surface area contributed by atoms with E-state index in [1.165, 1.54) is 7.11 Å². The van der Waals surface area contributed by atoms with Crippen LogP contribution in [-0.4, -0.2) is 65.2 Å². The van der Waals surface area contributed by atoms with E-state index in [1.807, 2.05) is 6.92 Å². The normalized spacial score (nSPS) is 21.0. The molecule has 2 atom stereocenters. The maximum Gasteiger partial charge on any atom is 0.337 e. The molecule has 0 bridgehead atoms. The van der Waals surface area contributed by atoms with Crippen LogP contribution in [0.4, 0.5) is 0 Å². The Hall–Kier alpha value is -3.66. The monoisotopic (exact) mass is 481 g/mol. The molecule has 0 aliphatic carbocycles. The number of sulfone groups is 1. The zero-order chi connectivity index (χ0) is 24.2. The predicted molar refractivity (Wildman–Crippen MR) is 123 cm³/mol. The van der Waals surface area contributed by atoms with Crippen molar-refractivity contribution in [2.45, 2.75) is 25.4 Å². The van der Waals surface area contributed by atoms with Crippen molar-refractivity contribution < 1.29 is 27.9 Å². The number of carbonyl (C=O) groups excluding carboxylic acids is 2. The van der Waals surface area contributed by atoms with Gasteiger partial charge in [0.25, 0.3) is 5.91 Å². The number of carbonyl (C=O) groups is 2. The molecule has 2 N–H and O–H groups in total. The number of nitrogens with one attached hydrogen (secondary N) is 1. The number of nitrogens with zero attached hydrogens (tertiary/aromatic N) is 2. The van der Waals surface area contributed by atoms with E-state index in [0.29, 0.717) is 34.4 Å². The third kappa shape index (κ3) is 3.54. The van der Waals surface area contributed by atoms with Gasteiger partial charge in [-0.15, -0.1) is 0 Å². The molecule has 2 aromatic carbocycles. The third-order valence-electron chi connectivity index (χ3n) is 6.46. The first-order chi connectivity index (χ1) is 16.2. The van der Waals surface area contributed by atoms with Crippen molar-refractivity contribution in [3.05, 3.63) is 70.4 Å². The molecule has 2 aliphatic rings. The van der Waals surface area contributed by atoms with Gasteiger partial charge in [0.15, 0.2) is 9.84 Å². The Bertz CT molecular complexity index is 1410. The average molecular weight is 482 g/mol. The third-order valence-corrected chi connectivity index (χ3v) is 8.21. The standard InChI is InChI=1S/C24H23N3O6S/c1-13-3-8-18(28)17(11-13)20-19-21(26-25-20)23(29)27(16-9-10-34(31,32)12-16)22(19)14-4-6-15(7-5-14)24(30)33-2/h3-8,11,16,22,28H,9-10,12H2,1-2H3,(H,25,26). The summed E-state index contributed by atoms with van der Waals surface area (Å²) in [5.41, 5.74) is 3.69. The summed E-state index contributed by atoms with van der Waals surface area (Å²) in [6.45, 7) is 1.89. The second-order valence-electron chi connectivity index (χ2n) is 8.67. The van der Waals surface area contributed by atoms with Gasteiger partial charge >= 0.3 is 5.97 Å². The minimum Gasteiger partial charge on any atom is -0.507 e. The summed E-state index contributed by atoms with van der Waals surface area (Å²) in [4.78, 5) is 27.0. The van der Waals surface area contributed by atoms with Crippen molar-refractivity contribution >= 4 is 21.7 Å². The number of phenolic OH excluding ortho intramolecular Hbond substituents is 1. The first-order valence-corrected chi connectivity index (χ1v) is 12.6. The van der Waals surface area contributed by atoms with E-state index in [4.69, 9.17) is 4.74 Å². The second-order valence-corrected chi connectivity index (χ2v) is 10.9. The molecule has 5 rings (SSSR count). The van der Waals surface area contributed by atoms with Gasteiger partial charge in [0.05, 0.1) is 30.2 Å². The number of fused-ring (bicyclic) bond motifs is 1. The lowest BCUT2D eigenvalue weighted by Crippen LogP contribution is -2.40. The molecule has 0 saturated carbocycles. The Morgan fingerprint density at radius 3 is 2.59 bits per heavy atom.